The van der Waals surface area contributed by atoms with Gasteiger partial charge in [-0.05, 0) is 26.1 Å². The van der Waals surface area contributed by atoms with E-state index in [1.165, 1.54) is 11.1 Å². The molecule has 0 aliphatic rings. The molecular weight excluding hydrogens is 264 g/mol. The zero-order chi connectivity index (χ0) is 14.3. The van der Waals surface area contributed by atoms with Crippen molar-refractivity contribution in [3.05, 3.63) is 20.7 Å². The maximum Gasteiger partial charge on any atom is 0.264 e. The highest BCUT2D eigenvalue weighted by atomic mass is 32.1. The normalized spacial score (nSPS) is 11.5. The van der Waals surface area contributed by atoms with E-state index in [0.29, 0.717) is 6.54 Å². The number of nitrogens with zero attached hydrogens (tertiary/aromatic N) is 1. The minimum atomic E-state index is -0.431. The molecule has 1 aromatic heterocycles. The van der Waals surface area contributed by atoms with Crippen LogP contribution in [0.25, 0.3) is 0 Å². The van der Waals surface area contributed by atoms with Gasteiger partial charge in [0.15, 0.2) is 4.77 Å². The number of H-pyrrole nitrogens is 2. The summed E-state index contributed by atoms with van der Waals surface area (Å²) in [6.07, 6.45) is 2.34. The van der Waals surface area contributed by atoms with Crippen LogP contribution in [0.5, 0.6) is 5.88 Å². The van der Waals surface area contributed by atoms with E-state index in [0.717, 1.165) is 26.1 Å². The monoisotopic (exact) mass is 285 g/mol. The lowest BCUT2D eigenvalue weighted by molar-refractivity contribution is -0.896. The SMILES string of the molecule is CC[NH+](CC)CCCN=Cc1c(O)[nH]c(=S)[nH]c1=O. The van der Waals surface area contributed by atoms with E-state index in [9.17, 15) is 9.90 Å². The second-order valence-electron chi connectivity index (χ2n) is 4.27. The maximum atomic E-state index is 11.5. The number of aromatic amines is 2. The van der Waals surface area contributed by atoms with Gasteiger partial charge in [-0.15, -0.1) is 0 Å². The van der Waals surface area contributed by atoms with E-state index in [2.05, 4.69) is 28.8 Å². The average molecular weight is 285 g/mol. The van der Waals surface area contributed by atoms with Crippen molar-refractivity contribution >= 4 is 18.4 Å². The molecule has 0 aliphatic carbocycles. The van der Waals surface area contributed by atoms with Gasteiger partial charge in [-0.3, -0.25) is 14.8 Å². The molecule has 0 bridgehead atoms. The summed E-state index contributed by atoms with van der Waals surface area (Å²) in [6, 6.07) is 0. The van der Waals surface area contributed by atoms with Gasteiger partial charge in [-0.1, -0.05) is 0 Å². The van der Waals surface area contributed by atoms with Crippen molar-refractivity contribution in [3.8, 4) is 5.88 Å². The first-order chi connectivity index (χ1) is 9.08. The third-order valence-electron chi connectivity index (χ3n) is 3.00. The fourth-order valence-electron chi connectivity index (χ4n) is 1.78. The van der Waals surface area contributed by atoms with Gasteiger partial charge < -0.3 is 15.0 Å². The van der Waals surface area contributed by atoms with Crippen LogP contribution in [-0.2, 0) is 0 Å². The number of aliphatic imine (C=N–C) groups is 1. The van der Waals surface area contributed by atoms with Crippen LogP contribution in [0.3, 0.4) is 0 Å². The molecule has 1 heterocycles. The molecule has 0 aliphatic heterocycles. The molecule has 6 nitrogen and oxygen atoms in total. The molecule has 0 fully saturated rings. The second-order valence-corrected chi connectivity index (χ2v) is 4.67. The molecule has 4 N–H and O–H groups in total. The topological polar surface area (TPSA) is 85.7 Å². The Bertz CT molecular complexity index is 531. The van der Waals surface area contributed by atoms with E-state index in [-0.39, 0.29) is 16.2 Å². The van der Waals surface area contributed by atoms with Crippen molar-refractivity contribution in [3.63, 3.8) is 0 Å². The Kier molecular flexibility index (Phi) is 6.44. The molecule has 0 saturated carbocycles. The van der Waals surface area contributed by atoms with Crippen molar-refractivity contribution < 1.29 is 10.0 Å². The summed E-state index contributed by atoms with van der Waals surface area (Å²) in [6.45, 7) is 8.23. The van der Waals surface area contributed by atoms with E-state index in [1.54, 1.807) is 0 Å². The van der Waals surface area contributed by atoms with E-state index < -0.39 is 5.56 Å². The third-order valence-corrected chi connectivity index (χ3v) is 3.20. The number of hydrogen-bond donors (Lipinski definition) is 4. The number of nitrogens with one attached hydrogen (secondary N) is 3. The lowest BCUT2D eigenvalue weighted by Crippen LogP contribution is -3.11. The minimum Gasteiger partial charge on any atom is -0.494 e. The van der Waals surface area contributed by atoms with Gasteiger partial charge in [0.05, 0.1) is 19.6 Å². The summed E-state index contributed by atoms with van der Waals surface area (Å²) in [7, 11) is 0. The highest BCUT2D eigenvalue weighted by molar-refractivity contribution is 7.71. The Morgan fingerprint density at radius 2 is 2.05 bits per heavy atom. The summed E-state index contributed by atoms with van der Waals surface area (Å²) < 4.78 is 0.102. The molecule has 106 valence electrons. The van der Waals surface area contributed by atoms with Gasteiger partial charge in [0.2, 0.25) is 5.88 Å². The average Bonchev–Trinajstić information content (AvgIpc) is 2.36. The van der Waals surface area contributed by atoms with E-state index >= 15 is 0 Å². The van der Waals surface area contributed by atoms with Gasteiger partial charge in [0, 0.05) is 19.2 Å². The third kappa shape index (κ3) is 4.96. The maximum absolute atomic E-state index is 11.5. The van der Waals surface area contributed by atoms with Crippen LogP contribution >= 0.6 is 12.2 Å². The zero-order valence-electron chi connectivity index (χ0n) is 11.3. The predicted molar refractivity (Wildman–Crippen MR) is 77.9 cm³/mol. The number of hydrogen-bond acceptors (Lipinski definition) is 4. The summed E-state index contributed by atoms with van der Waals surface area (Å²) in [4.78, 5) is 22.1. The van der Waals surface area contributed by atoms with Crippen molar-refractivity contribution in [2.45, 2.75) is 20.3 Å². The van der Waals surface area contributed by atoms with Crippen LogP contribution in [0.2, 0.25) is 0 Å². The first-order valence-electron chi connectivity index (χ1n) is 6.47. The fourth-order valence-corrected chi connectivity index (χ4v) is 1.97. The molecule has 7 heteroatoms. The van der Waals surface area contributed by atoms with E-state index in [1.807, 2.05) is 0 Å². The molecule has 0 spiro atoms. The summed E-state index contributed by atoms with van der Waals surface area (Å²) in [5, 5.41) is 9.56. The lowest BCUT2D eigenvalue weighted by atomic mass is 10.3. The van der Waals surface area contributed by atoms with Crippen molar-refractivity contribution in [1.29, 1.82) is 0 Å². The minimum absolute atomic E-state index is 0.102. The smallest absolute Gasteiger partial charge is 0.264 e. The highest BCUT2D eigenvalue weighted by Gasteiger charge is 2.04. The Balaban J connectivity index is 2.54. The Morgan fingerprint density at radius 1 is 1.37 bits per heavy atom. The zero-order valence-corrected chi connectivity index (χ0v) is 12.1. The van der Waals surface area contributed by atoms with Crippen LogP contribution in [-0.4, -0.2) is 47.5 Å². The molecule has 0 amide bonds. The van der Waals surface area contributed by atoms with Crippen LogP contribution in [0.1, 0.15) is 25.8 Å². The number of rotatable bonds is 7. The van der Waals surface area contributed by atoms with Crippen LogP contribution in [0.15, 0.2) is 9.79 Å². The van der Waals surface area contributed by atoms with Crippen LogP contribution < -0.4 is 10.5 Å². The first-order valence-corrected chi connectivity index (χ1v) is 6.88. The Morgan fingerprint density at radius 3 is 2.63 bits per heavy atom. The fraction of sp³-hybridized carbons (Fsp3) is 0.583. The van der Waals surface area contributed by atoms with Gasteiger partial charge in [-0.2, -0.15) is 0 Å². The molecule has 1 rings (SSSR count). The van der Waals surface area contributed by atoms with Gasteiger partial charge in [-0.25, -0.2) is 0 Å². The first kappa shape index (κ1) is 15.6. The number of aromatic nitrogens is 2. The van der Waals surface area contributed by atoms with Crippen molar-refractivity contribution in [2.24, 2.45) is 4.99 Å². The summed E-state index contributed by atoms with van der Waals surface area (Å²) in [5.74, 6) is -0.244. The standard InChI is InChI=1S/C12H20N4O2S/c1-3-16(4-2)7-5-6-13-8-9-10(17)14-12(19)15-11(9)18/h8H,3-7H2,1-2H3,(H3,14,15,17,18,19)/p+1. The molecule has 1 aromatic rings. The van der Waals surface area contributed by atoms with Crippen LogP contribution in [0.4, 0.5) is 0 Å². The summed E-state index contributed by atoms with van der Waals surface area (Å²) >= 11 is 4.74. The predicted octanol–water partition coefficient (Wildman–Crippen LogP) is -0.128. The number of quaternary nitrogens is 1. The molecule has 0 radical (unpaired) electrons. The van der Waals surface area contributed by atoms with Crippen molar-refractivity contribution in [2.75, 3.05) is 26.2 Å². The quantitative estimate of drug-likeness (QED) is 0.320. The second kappa shape index (κ2) is 7.85. The lowest BCUT2D eigenvalue weighted by Gasteiger charge is -2.13. The Hall–Kier alpha value is -1.47. The molecule has 19 heavy (non-hydrogen) atoms. The molecular formula is C12H21N4O2S+. The van der Waals surface area contributed by atoms with Gasteiger partial charge >= 0.3 is 0 Å². The number of aromatic hydroxyl groups is 1. The van der Waals surface area contributed by atoms with Crippen molar-refractivity contribution in [1.82, 2.24) is 9.97 Å². The molecule has 0 atom stereocenters. The summed E-state index contributed by atoms with van der Waals surface area (Å²) in [5.41, 5.74) is -0.317. The van der Waals surface area contributed by atoms with Crippen LogP contribution in [0, 0.1) is 4.77 Å². The van der Waals surface area contributed by atoms with Gasteiger partial charge in [0.1, 0.15) is 5.56 Å². The molecule has 0 aromatic carbocycles. The largest absolute Gasteiger partial charge is 0.494 e. The Labute approximate surface area is 117 Å². The highest BCUT2D eigenvalue weighted by Crippen LogP contribution is 2.03. The van der Waals surface area contributed by atoms with E-state index in [4.69, 9.17) is 12.2 Å². The van der Waals surface area contributed by atoms with Gasteiger partial charge in [0.25, 0.3) is 5.56 Å². The molecule has 0 unspecified atom stereocenters. The molecule has 0 saturated heterocycles.